The Morgan fingerprint density at radius 2 is 2.00 bits per heavy atom. The second-order valence-electron chi connectivity index (χ2n) is 7.24. The van der Waals surface area contributed by atoms with Gasteiger partial charge in [-0.3, -0.25) is 0 Å². The summed E-state index contributed by atoms with van der Waals surface area (Å²) in [5.41, 5.74) is 6.13. The fourth-order valence-corrected chi connectivity index (χ4v) is 5.46. The maximum atomic E-state index is 3.66. The highest BCUT2D eigenvalue weighted by Gasteiger charge is 2.36. The minimum absolute atomic E-state index is 0.699. The van der Waals surface area contributed by atoms with E-state index in [0.29, 0.717) is 12.0 Å². The Bertz CT molecular complexity index is 686. The summed E-state index contributed by atoms with van der Waals surface area (Å²) in [6.45, 7) is 8.22. The molecule has 0 bridgehead atoms. The zero-order valence-electron chi connectivity index (χ0n) is 14.8. The van der Waals surface area contributed by atoms with Crippen LogP contribution in [0.2, 0.25) is 0 Å². The van der Waals surface area contributed by atoms with Crippen LogP contribution in [0.15, 0.2) is 29.6 Å². The van der Waals surface area contributed by atoms with E-state index in [1.165, 1.54) is 54.9 Å². The molecule has 128 valence electrons. The molecule has 0 saturated heterocycles. The van der Waals surface area contributed by atoms with Crippen molar-refractivity contribution in [2.75, 3.05) is 25.0 Å². The van der Waals surface area contributed by atoms with E-state index in [9.17, 15) is 0 Å². The Morgan fingerprint density at radius 1 is 1.17 bits per heavy atom. The predicted molar refractivity (Wildman–Crippen MR) is 105 cm³/mol. The highest BCUT2D eigenvalue weighted by Crippen LogP contribution is 2.46. The molecular weight excluding hydrogens is 312 g/mol. The van der Waals surface area contributed by atoms with Gasteiger partial charge >= 0.3 is 0 Å². The van der Waals surface area contributed by atoms with Crippen LogP contribution >= 0.6 is 11.3 Å². The highest BCUT2D eigenvalue weighted by molar-refractivity contribution is 7.13. The van der Waals surface area contributed by atoms with E-state index >= 15 is 0 Å². The quantitative estimate of drug-likeness (QED) is 0.761. The van der Waals surface area contributed by atoms with E-state index in [1.807, 2.05) is 11.3 Å². The zero-order valence-corrected chi connectivity index (χ0v) is 15.7. The molecular formula is C21H28N2S. The maximum Gasteiger partial charge on any atom is 0.0379 e. The Labute approximate surface area is 149 Å². The van der Waals surface area contributed by atoms with E-state index in [1.54, 1.807) is 11.1 Å². The van der Waals surface area contributed by atoms with Gasteiger partial charge in [-0.15, -0.1) is 11.3 Å². The van der Waals surface area contributed by atoms with Crippen molar-refractivity contribution in [3.8, 4) is 10.4 Å². The molecule has 1 aliphatic heterocycles. The smallest absolute Gasteiger partial charge is 0.0379 e. The van der Waals surface area contributed by atoms with Gasteiger partial charge in [-0.1, -0.05) is 26.0 Å². The van der Waals surface area contributed by atoms with Crippen LogP contribution in [0.4, 0.5) is 5.69 Å². The lowest BCUT2D eigenvalue weighted by Crippen LogP contribution is -2.41. The van der Waals surface area contributed by atoms with Crippen molar-refractivity contribution in [3.05, 3.63) is 40.8 Å². The van der Waals surface area contributed by atoms with E-state index in [4.69, 9.17) is 0 Å². The summed E-state index contributed by atoms with van der Waals surface area (Å²) in [5, 5.41) is 5.86. The van der Waals surface area contributed by atoms with Crippen molar-refractivity contribution in [1.29, 1.82) is 0 Å². The predicted octanol–water partition coefficient (Wildman–Crippen LogP) is 5.36. The fourth-order valence-electron chi connectivity index (χ4n) is 4.68. The zero-order chi connectivity index (χ0) is 16.5. The largest absolute Gasteiger partial charge is 0.384 e. The summed E-state index contributed by atoms with van der Waals surface area (Å²) >= 11 is 1.87. The van der Waals surface area contributed by atoms with Crippen LogP contribution < -0.4 is 5.32 Å². The number of rotatable bonds is 6. The van der Waals surface area contributed by atoms with Crippen LogP contribution in [-0.4, -0.2) is 30.6 Å². The summed E-state index contributed by atoms with van der Waals surface area (Å²) in [5.74, 6) is 0.699. The average molecular weight is 341 g/mol. The summed E-state index contributed by atoms with van der Waals surface area (Å²) in [4.78, 5) is 4.18. The highest BCUT2D eigenvalue weighted by atomic mass is 32.1. The molecule has 2 aliphatic rings. The van der Waals surface area contributed by atoms with E-state index in [-0.39, 0.29) is 0 Å². The number of hydrogen-bond donors (Lipinski definition) is 1. The minimum Gasteiger partial charge on any atom is -0.384 e. The molecule has 1 aromatic heterocycles. The second kappa shape index (κ2) is 6.89. The summed E-state index contributed by atoms with van der Waals surface area (Å²) in [7, 11) is 0. The van der Waals surface area contributed by atoms with Gasteiger partial charge in [0.2, 0.25) is 0 Å². The summed E-state index contributed by atoms with van der Waals surface area (Å²) in [6, 6.07) is 9.82. The molecule has 24 heavy (non-hydrogen) atoms. The molecule has 1 aromatic carbocycles. The number of hydrogen-bond acceptors (Lipinski definition) is 3. The molecule has 0 unspecified atom stereocenters. The van der Waals surface area contributed by atoms with Crippen molar-refractivity contribution in [2.24, 2.45) is 0 Å². The molecule has 0 radical (unpaired) electrons. The molecule has 2 heterocycles. The van der Waals surface area contributed by atoms with Gasteiger partial charge in [0.1, 0.15) is 0 Å². The number of nitrogens with one attached hydrogen (secondary N) is 1. The molecule has 4 rings (SSSR count). The van der Waals surface area contributed by atoms with Crippen molar-refractivity contribution in [1.82, 2.24) is 4.90 Å². The van der Waals surface area contributed by atoms with Gasteiger partial charge in [0.15, 0.2) is 0 Å². The Kier molecular flexibility index (Phi) is 4.64. The number of anilines is 1. The average Bonchev–Trinajstić information content (AvgIpc) is 3.26. The lowest BCUT2D eigenvalue weighted by molar-refractivity contribution is 0.173. The molecule has 2 nitrogen and oxygen atoms in total. The van der Waals surface area contributed by atoms with Gasteiger partial charge in [-0.2, -0.15) is 0 Å². The number of benzene rings is 1. The SMILES string of the molecule is CCCN(CCC)[C@H]1Cc2c(-c3cccs3)ccc3c2[C@@H](CN3)C1. The van der Waals surface area contributed by atoms with Crippen molar-refractivity contribution >= 4 is 17.0 Å². The van der Waals surface area contributed by atoms with E-state index in [0.717, 1.165) is 6.54 Å². The van der Waals surface area contributed by atoms with Crippen LogP contribution in [0.5, 0.6) is 0 Å². The van der Waals surface area contributed by atoms with Gasteiger partial charge in [0.25, 0.3) is 0 Å². The third-order valence-corrected chi connectivity index (χ3v) is 6.53. The lowest BCUT2D eigenvalue weighted by atomic mass is 9.78. The third-order valence-electron chi connectivity index (χ3n) is 5.63. The fraction of sp³-hybridized carbons (Fsp3) is 0.524. The van der Waals surface area contributed by atoms with E-state index in [2.05, 4.69) is 53.7 Å². The standard InChI is InChI=1S/C21H28N2S/c1-3-9-23(10-4-2)16-12-15-14-22-19-8-7-17(18(13-16)21(15)19)20-6-5-11-24-20/h5-8,11,15-16,22H,3-4,9-10,12-14H2,1-2H3/t15-,16-/m1/s1. The molecule has 1 N–H and O–H groups in total. The van der Waals surface area contributed by atoms with Gasteiger partial charge in [-0.05, 0) is 73.0 Å². The van der Waals surface area contributed by atoms with Gasteiger partial charge < -0.3 is 10.2 Å². The van der Waals surface area contributed by atoms with Crippen molar-refractivity contribution in [3.63, 3.8) is 0 Å². The number of thiophene rings is 1. The second-order valence-corrected chi connectivity index (χ2v) is 8.19. The van der Waals surface area contributed by atoms with Crippen LogP contribution in [0.25, 0.3) is 10.4 Å². The minimum atomic E-state index is 0.699. The van der Waals surface area contributed by atoms with Crippen LogP contribution in [0.1, 0.15) is 50.2 Å². The molecule has 0 fully saturated rings. The summed E-state index contributed by atoms with van der Waals surface area (Å²) in [6.07, 6.45) is 5.05. The molecule has 2 atom stereocenters. The molecule has 1 aliphatic carbocycles. The topological polar surface area (TPSA) is 15.3 Å². The van der Waals surface area contributed by atoms with Gasteiger partial charge in [0, 0.05) is 29.1 Å². The molecule has 0 saturated carbocycles. The Balaban J connectivity index is 1.73. The first-order valence-corrected chi connectivity index (χ1v) is 10.4. The molecule has 0 amide bonds. The first kappa shape index (κ1) is 16.2. The molecule has 2 aromatic rings. The monoisotopic (exact) mass is 340 g/mol. The summed E-state index contributed by atoms with van der Waals surface area (Å²) < 4.78 is 0. The van der Waals surface area contributed by atoms with Crippen LogP contribution in [0, 0.1) is 0 Å². The van der Waals surface area contributed by atoms with E-state index < -0.39 is 0 Å². The van der Waals surface area contributed by atoms with Crippen LogP contribution in [0.3, 0.4) is 0 Å². The van der Waals surface area contributed by atoms with Gasteiger partial charge in [-0.25, -0.2) is 0 Å². The lowest BCUT2D eigenvalue weighted by Gasteiger charge is -2.38. The molecule has 3 heteroatoms. The first-order valence-electron chi connectivity index (χ1n) is 9.49. The first-order chi connectivity index (χ1) is 11.8. The van der Waals surface area contributed by atoms with Crippen molar-refractivity contribution < 1.29 is 0 Å². The number of nitrogens with zero attached hydrogens (tertiary/aromatic N) is 1. The normalized spacial score (nSPS) is 21.8. The van der Waals surface area contributed by atoms with Gasteiger partial charge in [0.05, 0.1) is 0 Å². The van der Waals surface area contributed by atoms with Crippen LogP contribution in [-0.2, 0) is 6.42 Å². The Hall–Kier alpha value is -1.32. The van der Waals surface area contributed by atoms with Crippen molar-refractivity contribution in [2.45, 2.75) is 51.5 Å². The Morgan fingerprint density at radius 3 is 2.71 bits per heavy atom. The maximum absolute atomic E-state index is 3.66. The third kappa shape index (κ3) is 2.78. The molecule has 0 spiro atoms.